The second kappa shape index (κ2) is 13.7. The maximum atomic E-state index is 13.8. The monoisotopic (exact) mass is 575 g/mol. The lowest BCUT2D eigenvalue weighted by atomic mass is 9.79. The predicted octanol–water partition coefficient (Wildman–Crippen LogP) is 5.40. The van der Waals surface area contributed by atoms with E-state index in [0.717, 1.165) is 55.8 Å². The topological polar surface area (TPSA) is 99.2 Å². The van der Waals surface area contributed by atoms with E-state index in [1.807, 2.05) is 35.2 Å². The highest BCUT2D eigenvalue weighted by Crippen LogP contribution is 2.36. The van der Waals surface area contributed by atoms with E-state index in [-0.39, 0.29) is 23.4 Å². The third-order valence-corrected chi connectivity index (χ3v) is 9.43. The first kappa shape index (κ1) is 30.1. The molecule has 8 nitrogen and oxygen atoms in total. The number of aromatic carboxylic acids is 1. The third-order valence-electron chi connectivity index (χ3n) is 9.43. The van der Waals surface area contributed by atoms with Crippen molar-refractivity contribution in [1.82, 2.24) is 15.1 Å². The number of carboxylic acids is 1. The van der Waals surface area contributed by atoms with E-state index < -0.39 is 11.5 Å². The van der Waals surface area contributed by atoms with Gasteiger partial charge < -0.3 is 20.1 Å². The van der Waals surface area contributed by atoms with Gasteiger partial charge in [-0.15, -0.1) is 0 Å². The lowest BCUT2D eigenvalue weighted by Gasteiger charge is -2.52. The Labute approximate surface area is 249 Å². The molecule has 1 atom stereocenters. The minimum absolute atomic E-state index is 0.0501. The zero-order chi connectivity index (χ0) is 29.5. The summed E-state index contributed by atoms with van der Waals surface area (Å²) in [5, 5.41) is 12.4. The van der Waals surface area contributed by atoms with Crippen molar-refractivity contribution in [3.8, 4) is 5.75 Å². The number of carbonyl (C=O) groups excluding carboxylic acids is 2. The highest BCUT2D eigenvalue weighted by atomic mass is 16.5. The molecule has 2 heterocycles. The first-order valence-electron chi connectivity index (χ1n) is 15.8. The summed E-state index contributed by atoms with van der Waals surface area (Å²) in [7, 11) is 0. The van der Waals surface area contributed by atoms with Crippen molar-refractivity contribution in [3.05, 3.63) is 65.2 Å². The van der Waals surface area contributed by atoms with Gasteiger partial charge in [0.1, 0.15) is 23.9 Å². The number of unbranched alkanes of at least 4 members (excludes halogenated alkanes) is 1. The summed E-state index contributed by atoms with van der Waals surface area (Å²) in [5.41, 5.74) is 1.48. The molecule has 0 aromatic heterocycles. The number of benzene rings is 2. The van der Waals surface area contributed by atoms with Gasteiger partial charge in [0, 0.05) is 26.2 Å². The Morgan fingerprint density at radius 1 is 1.02 bits per heavy atom. The Morgan fingerprint density at radius 2 is 1.76 bits per heavy atom. The molecule has 8 heteroatoms. The number of rotatable bonds is 11. The van der Waals surface area contributed by atoms with Gasteiger partial charge in [-0.05, 0) is 67.0 Å². The fourth-order valence-corrected chi connectivity index (χ4v) is 6.92. The van der Waals surface area contributed by atoms with Crippen molar-refractivity contribution in [2.24, 2.45) is 5.92 Å². The molecule has 42 heavy (non-hydrogen) atoms. The van der Waals surface area contributed by atoms with E-state index in [0.29, 0.717) is 31.9 Å². The number of piperidine rings is 1. The molecule has 0 radical (unpaired) electrons. The molecule has 2 N–H and O–H groups in total. The Bertz CT molecular complexity index is 1230. The van der Waals surface area contributed by atoms with Crippen molar-refractivity contribution in [2.75, 3.05) is 19.6 Å². The van der Waals surface area contributed by atoms with Crippen LogP contribution in [0.2, 0.25) is 0 Å². The van der Waals surface area contributed by atoms with Gasteiger partial charge in [0.2, 0.25) is 11.8 Å². The third kappa shape index (κ3) is 6.97. The lowest BCUT2D eigenvalue weighted by Crippen LogP contribution is -2.73. The van der Waals surface area contributed by atoms with Gasteiger partial charge in [-0.3, -0.25) is 14.5 Å². The smallest absolute Gasteiger partial charge is 0.335 e. The van der Waals surface area contributed by atoms with Crippen LogP contribution < -0.4 is 10.1 Å². The Morgan fingerprint density at radius 3 is 2.45 bits per heavy atom. The fraction of sp³-hybridized carbons (Fsp3) is 0.559. The Kier molecular flexibility index (Phi) is 9.83. The molecule has 1 saturated carbocycles. The van der Waals surface area contributed by atoms with Gasteiger partial charge in [0.15, 0.2) is 0 Å². The lowest BCUT2D eigenvalue weighted by molar-refractivity contribution is -0.162. The predicted molar refractivity (Wildman–Crippen MR) is 161 cm³/mol. The maximum Gasteiger partial charge on any atom is 0.335 e. The fourth-order valence-electron chi connectivity index (χ4n) is 6.92. The molecule has 2 aromatic carbocycles. The van der Waals surface area contributed by atoms with Crippen LogP contribution >= 0.6 is 0 Å². The minimum atomic E-state index is -0.951. The van der Waals surface area contributed by atoms with Gasteiger partial charge in [0.25, 0.3) is 0 Å². The van der Waals surface area contributed by atoms with E-state index in [2.05, 4.69) is 17.1 Å². The first-order valence-corrected chi connectivity index (χ1v) is 15.8. The summed E-state index contributed by atoms with van der Waals surface area (Å²) < 4.78 is 5.88. The number of carbonyl (C=O) groups is 3. The van der Waals surface area contributed by atoms with E-state index in [4.69, 9.17) is 4.74 Å². The van der Waals surface area contributed by atoms with Crippen LogP contribution in [0, 0.1) is 5.92 Å². The van der Waals surface area contributed by atoms with Crippen LogP contribution in [-0.2, 0) is 22.7 Å². The SMILES string of the molecule is CCCCN1C(=O)C(CC2CCCCC2)NC(=O)C12CCN(Cc1ccc(OCc3cccc(C(=O)O)c3)cc1)CC2. The number of ether oxygens (including phenoxy) is 1. The molecule has 3 fully saturated rings. The summed E-state index contributed by atoms with van der Waals surface area (Å²) >= 11 is 0. The summed E-state index contributed by atoms with van der Waals surface area (Å²) in [6.07, 6.45) is 10.1. The Hall–Kier alpha value is -3.39. The van der Waals surface area contributed by atoms with Crippen LogP contribution in [-0.4, -0.2) is 63.9 Å². The number of amides is 2. The van der Waals surface area contributed by atoms with Gasteiger partial charge in [0.05, 0.1) is 5.56 Å². The van der Waals surface area contributed by atoms with Gasteiger partial charge in [-0.2, -0.15) is 0 Å². The molecule has 5 rings (SSSR count). The molecule has 1 aliphatic carbocycles. The normalized spacial score (nSPS) is 21.4. The number of hydrogen-bond acceptors (Lipinski definition) is 5. The van der Waals surface area contributed by atoms with Gasteiger partial charge in [-0.1, -0.05) is 69.7 Å². The minimum Gasteiger partial charge on any atom is -0.489 e. The van der Waals surface area contributed by atoms with Crippen molar-refractivity contribution in [2.45, 2.75) is 95.9 Å². The number of nitrogens with one attached hydrogen (secondary N) is 1. The second-order valence-electron chi connectivity index (χ2n) is 12.4. The molecule has 0 bridgehead atoms. The first-order chi connectivity index (χ1) is 20.4. The summed E-state index contributed by atoms with van der Waals surface area (Å²) in [6.45, 7) is 5.38. The molecule has 226 valence electrons. The van der Waals surface area contributed by atoms with Crippen LogP contribution in [0.25, 0.3) is 0 Å². The maximum absolute atomic E-state index is 13.8. The molecule has 2 saturated heterocycles. The summed E-state index contributed by atoms with van der Waals surface area (Å²) in [5.74, 6) is 0.495. The van der Waals surface area contributed by atoms with Gasteiger partial charge in [-0.25, -0.2) is 4.79 Å². The number of likely N-dealkylation sites (tertiary alicyclic amines) is 1. The van der Waals surface area contributed by atoms with Crippen LogP contribution in [0.5, 0.6) is 5.75 Å². The molecule has 2 amide bonds. The zero-order valence-corrected chi connectivity index (χ0v) is 24.9. The molecule has 2 aromatic rings. The van der Waals surface area contributed by atoms with E-state index >= 15 is 0 Å². The molecule has 2 aliphatic heterocycles. The van der Waals surface area contributed by atoms with Crippen molar-refractivity contribution < 1.29 is 24.2 Å². The highest BCUT2D eigenvalue weighted by molar-refractivity contribution is 6.00. The average Bonchev–Trinajstić information content (AvgIpc) is 3.01. The number of carboxylic acid groups (broad SMARTS) is 1. The van der Waals surface area contributed by atoms with Crippen LogP contribution in [0.4, 0.5) is 0 Å². The van der Waals surface area contributed by atoms with Crippen molar-refractivity contribution in [3.63, 3.8) is 0 Å². The molecular weight excluding hydrogens is 530 g/mol. The van der Waals surface area contributed by atoms with Crippen molar-refractivity contribution >= 4 is 17.8 Å². The summed E-state index contributed by atoms with van der Waals surface area (Å²) in [6, 6.07) is 14.4. The Balaban J connectivity index is 1.16. The molecule has 1 unspecified atom stereocenters. The molecule has 3 aliphatic rings. The van der Waals surface area contributed by atoms with E-state index in [9.17, 15) is 19.5 Å². The standard InChI is InChI=1S/C34H45N3O5/c1-2-3-18-37-31(38)30(22-25-8-5-4-6-9-25)35-33(41)34(37)16-19-36(20-17-34)23-26-12-14-29(15-13-26)42-24-27-10-7-11-28(21-27)32(39)40/h7,10-15,21,25,30H,2-6,8-9,16-20,22-24H2,1H3,(H,35,41)(H,39,40). The van der Waals surface area contributed by atoms with Crippen molar-refractivity contribution in [1.29, 1.82) is 0 Å². The highest BCUT2D eigenvalue weighted by Gasteiger charge is 2.53. The molecule has 1 spiro atoms. The van der Waals surface area contributed by atoms with Crippen LogP contribution in [0.3, 0.4) is 0 Å². The number of nitrogens with zero attached hydrogens (tertiary/aromatic N) is 2. The van der Waals surface area contributed by atoms with Gasteiger partial charge >= 0.3 is 5.97 Å². The largest absolute Gasteiger partial charge is 0.489 e. The number of piperazine rings is 1. The van der Waals surface area contributed by atoms with E-state index in [1.54, 1.807) is 18.2 Å². The summed E-state index contributed by atoms with van der Waals surface area (Å²) in [4.78, 5) is 43.0. The number of hydrogen-bond donors (Lipinski definition) is 2. The van der Waals surface area contributed by atoms with E-state index in [1.165, 1.54) is 32.1 Å². The molecular formula is C34H45N3O5. The second-order valence-corrected chi connectivity index (χ2v) is 12.4. The van der Waals surface area contributed by atoms with Crippen LogP contribution in [0.15, 0.2) is 48.5 Å². The van der Waals surface area contributed by atoms with Crippen LogP contribution in [0.1, 0.15) is 92.6 Å². The zero-order valence-electron chi connectivity index (χ0n) is 24.9. The average molecular weight is 576 g/mol. The quantitative estimate of drug-likeness (QED) is 0.373.